The average molecular weight is 449 g/mol. The van der Waals surface area contributed by atoms with Gasteiger partial charge in [-0.25, -0.2) is 0 Å². The van der Waals surface area contributed by atoms with Crippen molar-refractivity contribution in [1.82, 2.24) is 0 Å². The molecule has 0 radical (unpaired) electrons. The van der Waals surface area contributed by atoms with Gasteiger partial charge in [-0.15, -0.1) is 0 Å². The van der Waals surface area contributed by atoms with E-state index in [4.69, 9.17) is 14.6 Å². The van der Waals surface area contributed by atoms with Gasteiger partial charge in [0.05, 0.1) is 12.7 Å². The summed E-state index contributed by atoms with van der Waals surface area (Å²) in [5, 5.41) is 8.62. The van der Waals surface area contributed by atoms with E-state index >= 15 is 0 Å². The zero-order chi connectivity index (χ0) is 23.4. The summed E-state index contributed by atoms with van der Waals surface area (Å²) >= 11 is 0. The fraction of sp³-hybridized carbons (Fsp3) is 0.704. The summed E-state index contributed by atoms with van der Waals surface area (Å²) in [6.07, 6.45) is 14.6. The first kappa shape index (κ1) is 28.2. The summed E-state index contributed by atoms with van der Waals surface area (Å²) in [4.78, 5) is 21.9. The van der Waals surface area contributed by atoms with Crippen LogP contribution in [0, 0.1) is 0 Å². The van der Waals surface area contributed by atoms with Gasteiger partial charge in [-0.1, -0.05) is 88.1 Å². The number of aliphatic carboxylic acids is 1. The van der Waals surface area contributed by atoms with Crippen LogP contribution in [0.25, 0.3) is 0 Å². The molecule has 0 aliphatic rings. The van der Waals surface area contributed by atoms with E-state index in [1.165, 1.54) is 51.9 Å². The number of carboxylic acids is 1. The van der Waals surface area contributed by atoms with Crippen LogP contribution in [0.3, 0.4) is 0 Å². The molecule has 5 heteroatoms. The van der Waals surface area contributed by atoms with Gasteiger partial charge in [0, 0.05) is 19.8 Å². The van der Waals surface area contributed by atoms with Gasteiger partial charge in [0.25, 0.3) is 0 Å². The van der Waals surface area contributed by atoms with E-state index in [1.54, 1.807) is 0 Å². The molecule has 182 valence electrons. The second-order valence-corrected chi connectivity index (χ2v) is 8.90. The molecule has 0 spiro atoms. The molecule has 5 nitrogen and oxygen atoms in total. The second kappa shape index (κ2) is 18.7. The molecule has 0 heterocycles. The Hall–Kier alpha value is -1.88. The molecule has 0 saturated heterocycles. The van der Waals surface area contributed by atoms with E-state index in [1.807, 2.05) is 25.1 Å². The van der Waals surface area contributed by atoms with Crippen molar-refractivity contribution in [3.05, 3.63) is 35.9 Å². The predicted octanol–water partition coefficient (Wildman–Crippen LogP) is 7.07. The zero-order valence-corrected chi connectivity index (χ0v) is 20.2. The quantitative estimate of drug-likeness (QED) is 0.171. The standard InChI is InChI=1S/C27H44O5/c1-23(31-22-25-17-13-12-14-18-25)21-26(32-24(2)28)19-15-10-8-6-4-3-5-7-9-11-16-20-27(29)30/h12-14,17-18,23,26H,3-11,15-16,19-22H2,1-2H3,(H,29,30). The molecular weight excluding hydrogens is 404 g/mol. The van der Waals surface area contributed by atoms with Gasteiger partial charge in [-0.05, 0) is 31.7 Å². The van der Waals surface area contributed by atoms with Gasteiger partial charge >= 0.3 is 11.9 Å². The smallest absolute Gasteiger partial charge is 0.303 e. The third-order valence-corrected chi connectivity index (χ3v) is 5.72. The second-order valence-electron chi connectivity index (χ2n) is 8.90. The molecule has 1 aromatic carbocycles. The number of carbonyl (C=O) groups excluding carboxylic acids is 1. The molecule has 0 bridgehead atoms. The summed E-state index contributed by atoms with van der Waals surface area (Å²) in [7, 11) is 0. The van der Waals surface area contributed by atoms with Crippen LogP contribution >= 0.6 is 0 Å². The largest absolute Gasteiger partial charge is 0.481 e. The highest BCUT2D eigenvalue weighted by atomic mass is 16.5. The molecule has 2 unspecified atom stereocenters. The van der Waals surface area contributed by atoms with E-state index in [0.29, 0.717) is 13.0 Å². The summed E-state index contributed by atoms with van der Waals surface area (Å²) in [5.74, 6) is -0.900. The number of hydrogen-bond donors (Lipinski definition) is 1. The van der Waals surface area contributed by atoms with E-state index in [0.717, 1.165) is 44.1 Å². The molecule has 0 aromatic heterocycles. The maximum Gasteiger partial charge on any atom is 0.303 e. The Morgan fingerprint density at radius 2 is 1.38 bits per heavy atom. The molecule has 0 saturated carbocycles. The number of hydrogen-bond acceptors (Lipinski definition) is 4. The summed E-state index contributed by atoms with van der Waals surface area (Å²) in [6.45, 7) is 4.11. The van der Waals surface area contributed by atoms with E-state index < -0.39 is 5.97 Å². The number of benzene rings is 1. The Kier molecular flexibility index (Phi) is 16.4. The van der Waals surface area contributed by atoms with Gasteiger partial charge in [0.2, 0.25) is 0 Å². The van der Waals surface area contributed by atoms with Crippen molar-refractivity contribution in [2.45, 2.75) is 123 Å². The van der Waals surface area contributed by atoms with Gasteiger partial charge in [-0.2, -0.15) is 0 Å². The molecule has 1 N–H and O–H groups in total. The third-order valence-electron chi connectivity index (χ3n) is 5.72. The molecule has 2 atom stereocenters. The van der Waals surface area contributed by atoms with Gasteiger partial charge < -0.3 is 14.6 Å². The van der Waals surface area contributed by atoms with Crippen LogP contribution in [0.2, 0.25) is 0 Å². The highest BCUT2D eigenvalue weighted by Crippen LogP contribution is 2.17. The topological polar surface area (TPSA) is 72.8 Å². The Bertz CT molecular complexity index is 601. The minimum Gasteiger partial charge on any atom is -0.481 e. The molecule has 1 rings (SSSR count). The third kappa shape index (κ3) is 16.8. The molecular formula is C27H44O5. The number of carboxylic acid groups (broad SMARTS) is 1. The first-order chi connectivity index (χ1) is 15.5. The maximum atomic E-state index is 11.5. The minimum absolute atomic E-state index is 0.0451. The lowest BCUT2D eigenvalue weighted by atomic mass is 10.0. The fourth-order valence-corrected chi connectivity index (χ4v) is 3.95. The Morgan fingerprint density at radius 3 is 1.91 bits per heavy atom. The SMILES string of the molecule is CC(=O)OC(CCCCCCCCCCCCCC(=O)O)CC(C)OCc1ccccc1. The van der Waals surface area contributed by atoms with E-state index in [9.17, 15) is 9.59 Å². The number of esters is 1. The normalized spacial score (nSPS) is 12.9. The first-order valence-corrected chi connectivity index (χ1v) is 12.5. The van der Waals surface area contributed by atoms with Crippen molar-refractivity contribution in [3.63, 3.8) is 0 Å². The molecule has 0 fully saturated rings. The number of ether oxygens (including phenoxy) is 2. The molecule has 0 aliphatic carbocycles. The number of carbonyl (C=O) groups is 2. The van der Waals surface area contributed by atoms with Crippen LogP contribution in [0.15, 0.2) is 30.3 Å². The minimum atomic E-state index is -0.685. The number of unbranched alkanes of at least 4 members (excludes halogenated alkanes) is 10. The molecule has 1 aromatic rings. The summed E-state index contributed by atoms with van der Waals surface area (Å²) in [5.41, 5.74) is 1.15. The lowest BCUT2D eigenvalue weighted by molar-refractivity contribution is -0.148. The van der Waals surface area contributed by atoms with Gasteiger partial charge in [0.1, 0.15) is 6.10 Å². The van der Waals surface area contributed by atoms with Crippen molar-refractivity contribution >= 4 is 11.9 Å². The molecule has 0 aliphatic heterocycles. The molecule has 0 amide bonds. The van der Waals surface area contributed by atoms with Crippen LogP contribution in [0.4, 0.5) is 0 Å². The van der Waals surface area contributed by atoms with Crippen LogP contribution in [0.1, 0.15) is 109 Å². The van der Waals surface area contributed by atoms with Crippen molar-refractivity contribution in [1.29, 1.82) is 0 Å². The van der Waals surface area contributed by atoms with E-state index in [2.05, 4.69) is 12.1 Å². The summed E-state index contributed by atoms with van der Waals surface area (Å²) < 4.78 is 11.5. The van der Waals surface area contributed by atoms with Crippen molar-refractivity contribution in [3.8, 4) is 0 Å². The Morgan fingerprint density at radius 1 is 0.844 bits per heavy atom. The maximum absolute atomic E-state index is 11.5. The van der Waals surface area contributed by atoms with E-state index in [-0.39, 0.29) is 18.2 Å². The van der Waals surface area contributed by atoms with Crippen LogP contribution in [-0.4, -0.2) is 29.3 Å². The lowest BCUT2D eigenvalue weighted by Crippen LogP contribution is -2.23. The Labute approximate surface area is 194 Å². The zero-order valence-electron chi connectivity index (χ0n) is 20.2. The van der Waals surface area contributed by atoms with Gasteiger partial charge in [-0.3, -0.25) is 9.59 Å². The molecule has 32 heavy (non-hydrogen) atoms. The predicted molar refractivity (Wildman–Crippen MR) is 129 cm³/mol. The van der Waals surface area contributed by atoms with Crippen LogP contribution in [0.5, 0.6) is 0 Å². The van der Waals surface area contributed by atoms with Crippen molar-refractivity contribution < 1.29 is 24.2 Å². The Balaban J connectivity index is 2.05. The fourth-order valence-electron chi connectivity index (χ4n) is 3.95. The van der Waals surface area contributed by atoms with Crippen molar-refractivity contribution in [2.24, 2.45) is 0 Å². The average Bonchev–Trinajstić information content (AvgIpc) is 2.75. The monoisotopic (exact) mass is 448 g/mol. The highest BCUT2D eigenvalue weighted by molar-refractivity contribution is 5.66. The highest BCUT2D eigenvalue weighted by Gasteiger charge is 2.16. The van der Waals surface area contributed by atoms with Crippen LogP contribution in [-0.2, 0) is 25.7 Å². The van der Waals surface area contributed by atoms with Crippen molar-refractivity contribution in [2.75, 3.05) is 0 Å². The van der Waals surface area contributed by atoms with Crippen LogP contribution < -0.4 is 0 Å². The lowest BCUT2D eigenvalue weighted by Gasteiger charge is -2.21. The van der Waals surface area contributed by atoms with Gasteiger partial charge in [0.15, 0.2) is 0 Å². The first-order valence-electron chi connectivity index (χ1n) is 12.5. The summed E-state index contributed by atoms with van der Waals surface area (Å²) in [6, 6.07) is 10.1. The number of rotatable bonds is 20.